The second-order valence-electron chi connectivity index (χ2n) is 4.94. The van der Waals surface area contributed by atoms with Crippen LogP contribution in [0.2, 0.25) is 5.02 Å². The maximum Gasteiger partial charge on any atom is 0.0426 e. The van der Waals surface area contributed by atoms with Gasteiger partial charge in [0.15, 0.2) is 0 Å². The van der Waals surface area contributed by atoms with Crippen LogP contribution in [0.3, 0.4) is 0 Å². The predicted molar refractivity (Wildman–Crippen MR) is 71.2 cm³/mol. The van der Waals surface area contributed by atoms with Crippen LogP contribution in [-0.2, 0) is 0 Å². The summed E-state index contributed by atoms with van der Waals surface area (Å²) < 4.78 is 0. The van der Waals surface area contributed by atoms with Crippen LogP contribution in [0, 0.1) is 12.8 Å². The lowest BCUT2D eigenvalue weighted by Gasteiger charge is -2.22. The topological polar surface area (TPSA) is 12.0 Å². The van der Waals surface area contributed by atoms with E-state index in [4.69, 9.17) is 11.6 Å². The highest BCUT2D eigenvalue weighted by Crippen LogP contribution is 2.30. The molecule has 0 spiro atoms. The van der Waals surface area contributed by atoms with Crippen molar-refractivity contribution in [2.75, 3.05) is 5.32 Å². The van der Waals surface area contributed by atoms with Crippen molar-refractivity contribution in [2.24, 2.45) is 5.92 Å². The average Bonchev–Trinajstić information content (AvgIpc) is 2.76. The summed E-state index contributed by atoms with van der Waals surface area (Å²) in [5, 5.41) is 4.42. The minimum atomic E-state index is 0.555. The first-order valence-corrected chi connectivity index (χ1v) is 6.57. The maximum absolute atomic E-state index is 6.02. The molecule has 1 aliphatic carbocycles. The first-order chi connectivity index (χ1) is 7.66. The van der Waals surface area contributed by atoms with E-state index in [0.717, 1.165) is 10.9 Å². The minimum Gasteiger partial charge on any atom is -0.382 e. The van der Waals surface area contributed by atoms with Gasteiger partial charge in [0.25, 0.3) is 0 Å². The van der Waals surface area contributed by atoms with Gasteiger partial charge in [-0.2, -0.15) is 0 Å². The minimum absolute atomic E-state index is 0.555. The van der Waals surface area contributed by atoms with Gasteiger partial charge in [-0.3, -0.25) is 0 Å². The van der Waals surface area contributed by atoms with Gasteiger partial charge in [0.05, 0.1) is 0 Å². The van der Waals surface area contributed by atoms with Crippen molar-refractivity contribution in [1.82, 2.24) is 0 Å². The lowest BCUT2D eigenvalue weighted by molar-refractivity contribution is 0.482. The molecule has 1 unspecified atom stereocenters. The Balaban J connectivity index is 2.04. The van der Waals surface area contributed by atoms with E-state index in [2.05, 4.69) is 25.2 Å². The van der Waals surface area contributed by atoms with Crippen LogP contribution in [0.25, 0.3) is 0 Å². The number of halogens is 1. The summed E-state index contributed by atoms with van der Waals surface area (Å²) in [5.41, 5.74) is 2.46. The Labute approximate surface area is 103 Å². The number of hydrogen-bond donors (Lipinski definition) is 1. The normalized spacial score (nSPS) is 18.7. The standard InChI is InChI=1S/C14H20ClN/c1-10-7-8-13(15)9-14(10)16-11(2)12-5-3-4-6-12/h7-9,11-12,16H,3-6H2,1-2H3. The molecule has 0 bridgehead atoms. The quantitative estimate of drug-likeness (QED) is 0.808. The van der Waals surface area contributed by atoms with E-state index in [1.165, 1.54) is 36.9 Å². The number of rotatable bonds is 3. The Kier molecular flexibility index (Phi) is 3.75. The molecule has 0 radical (unpaired) electrons. The van der Waals surface area contributed by atoms with E-state index in [-0.39, 0.29) is 0 Å². The van der Waals surface area contributed by atoms with Crippen LogP contribution in [0.4, 0.5) is 5.69 Å². The third-order valence-corrected chi connectivity index (χ3v) is 3.92. The monoisotopic (exact) mass is 237 g/mol. The van der Waals surface area contributed by atoms with Gasteiger partial charge in [0, 0.05) is 16.8 Å². The number of aryl methyl sites for hydroxylation is 1. The predicted octanol–water partition coefficient (Wildman–Crippen LogP) is 4.64. The van der Waals surface area contributed by atoms with Crippen molar-refractivity contribution in [3.63, 3.8) is 0 Å². The first kappa shape index (κ1) is 11.8. The van der Waals surface area contributed by atoms with Gasteiger partial charge in [-0.05, 0) is 50.3 Å². The van der Waals surface area contributed by atoms with Crippen molar-refractivity contribution < 1.29 is 0 Å². The van der Waals surface area contributed by atoms with Gasteiger partial charge < -0.3 is 5.32 Å². The van der Waals surface area contributed by atoms with Gasteiger partial charge in [0.1, 0.15) is 0 Å². The molecule has 0 aliphatic heterocycles. The lowest BCUT2D eigenvalue weighted by atomic mass is 9.99. The number of benzene rings is 1. The van der Waals surface area contributed by atoms with Crippen molar-refractivity contribution >= 4 is 17.3 Å². The summed E-state index contributed by atoms with van der Waals surface area (Å²) in [6.07, 6.45) is 5.53. The molecule has 1 saturated carbocycles. The fraction of sp³-hybridized carbons (Fsp3) is 0.571. The van der Waals surface area contributed by atoms with Gasteiger partial charge in [-0.25, -0.2) is 0 Å². The summed E-state index contributed by atoms with van der Waals surface area (Å²) in [4.78, 5) is 0. The Morgan fingerprint density at radius 3 is 2.69 bits per heavy atom. The maximum atomic E-state index is 6.02. The zero-order valence-electron chi connectivity index (χ0n) is 10.1. The molecule has 2 heteroatoms. The van der Waals surface area contributed by atoms with Crippen LogP contribution in [0.15, 0.2) is 18.2 Å². The highest BCUT2D eigenvalue weighted by Gasteiger charge is 2.21. The molecular formula is C14H20ClN. The van der Waals surface area contributed by atoms with E-state index in [1.54, 1.807) is 0 Å². The smallest absolute Gasteiger partial charge is 0.0426 e. The van der Waals surface area contributed by atoms with Crippen molar-refractivity contribution in [1.29, 1.82) is 0 Å². The Morgan fingerprint density at radius 2 is 2.00 bits per heavy atom. The van der Waals surface area contributed by atoms with Gasteiger partial charge in [-0.1, -0.05) is 30.5 Å². The molecule has 1 atom stereocenters. The number of nitrogens with one attached hydrogen (secondary N) is 1. The molecule has 16 heavy (non-hydrogen) atoms. The van der Waals surface area contributed by atoms with Crippen LogP contribution >= 0.6 is 11.6 Å². The van der Waals surface area contributed by atoms with E-state index in [9.17, 15) is 0 Å². The van der Waals surface area contributed by atoms with Crippen LogP contribution in [0.5, 0.6) is 0 Å². The van der Waals surface area contributed by atoms with E-state index in [1.807, 2.05) is 12.1 Å². The summed E-state index contributed by atoms with van der Waals surface area (Å²) in [7, 11) is 0. The average molecular weight is 238 g/mol. The summed E-state index contributed by atoms with van der Waals surface area (Å²) in [6.45, 7) is 4.41. The highest BCUT2D eigenvalue weighted by atomic mass is 35.5. The zero-order chi connectivity index (χ0) is 11.5. The second kappa shape index (κ2) is 5.09. The Hall–Kier alpha value is -0.690. The molecule has 0 aromatic heterocycles. The molecule has 2 rings (SSSR count). The third kappa shape index (κ3) is 2.70. The van der Waals surface area contributed by atoms with Gasteiger partial charge >= 0.3 is 0 Å². The molecule has 1 N–H and O–H groups in total. The number of hydrogen-bond acceptors (Lipinski definition) is 1. The highest BCUT2D eigenvalue weighted by molar-refractivity contribution is 6.30. The van der Waals surface area contributed by atoms with Gasteiger partial charge in [-0.15, -0.1) is 0 Å². The molecule has 0 amide bonds. The fourth-order valence-corrected chi connectivity index (χ4v) is 2.74. The van der Waals surface area contributed by atoms with Crippen LogP contribution in [0.1, 0.15) is 38.2 Å². The molecule has 88 valence electrons. The van der Waals surface area contributed by atoms with E-state index in [0.29, 0.717) is 6.04 Å². The van der Waals surface area contributed by atoms with E-state index < -0.39 is 0 Å². The van der Waals surface area contributed by atoms with Gasteiger partial charge in [0.2, 0.25) is 0 Å². The number of anilines is 1. The molecular weight excluding hydrogens is 218 g/mol. The fourth-order valence-electron chi connectivity index (χ4n) is 2.57. The first-order valence-electron chi connectivity index (χ1n) is 6.19. The van der Waals surface area contributed by atoms with Crippen molar-refractivity contribution in [3.8, 4) is 0 Å². The third-order valence-electron chi connectivity index (χ3n) is 3.69. The van der Waals surface area contributed by atoms with E-state index >= 15 is 0 Å². The molecule has 1 aromatic carbocycles. The molecule has 1 fully saturated rings. The Morgan fingerprint density at radius 1 is 1.31 bits per heavy atom. The largest absolute Gasteiger partial charge is 0.382 e. The molecule has 1 nitrogen and oxygen atoms in total. The SMILES string of the molecule is Cc1ccc(Cl)cc1NC(C)C1CCCC1. The van der Waals surface area contributed by atoms with Crippen molar-refractivity contribution in [3.05, 3.63) is 28.8 Å². The van der Waals surface area contributed by atoms with Crippen LogP contribution < -0.4 is 5.32 Å². The molecule has 0 saturated heterocycles. The Bertz CT molecular complexity index is 356. The second-order valence-corrected chi connectivity index (χ2v) is 5.37. The lowest BCUT2D eigenvalue weighted by Crippen LogP contribution is -2.24. The summed E-state index contributed by atoms with van der Waals surface area (Å²) in [5.74, 6) is 0.832. The molecule has 1 aromatic rings. The van der Waals surface area contributed by atoms with Crippen LogP contribution in [-0.4, -0.2) is 6.04 Å². The van der Waals surface area contributed by atoms with Crippen molar-refractivity contribution in [2.45, 2.75) is 45.6 Å². The summed E-state index contributed by atoms with van der Waals surface area (Å²) >= 11 is 6.02. The zero-order valence-corrected chi connectivity index (χ0v) is 10.8. The molecule has 1 aliphatic rings. The molecule has 0 heterocycles. The summed E-state index contributed by atoms with van der Waals surface area (Å²) in [6, 6.07) is 6.61.